The first kappa shape index (κ1) is 15.8. The fourth-order valence-corrected chi connectivity index (χ4v) is 2.22. The van der Waals surface area contributed by atoms with Crippen molar-refractivity contribution in [3.05, 3.63) is 65.5 Å². The topological polar surface area (TPSA) is 107 Å². The highest BCUT2D eigenvalue weighted by atomic mass is 19.1. The lowest BCUT2D eigenvalue weighted by molar-refractivity contribution is 0.1000. The van der Waals surface area contributed by atoms with Crippen LogP contribution >= 0.6 is 0 Å². The van der Waals surface area contributed by atoms with Crippen molar-refractivity contribution in [1.29, 1.82) is 0 Å². The molecule has 0 aliphatic carbocycles. The second-order valence-electron chi connectivity index (χ2n) is 5.15. The molecule has 1 amide bonds. The molecule has 0 spiro atoms. The molecule has 0 bridgehead atoms. The van der Waals surface area contributed by atoms with Crippen molar-refractivity contribution in [1.82, 2.24) is 20.2 Å². The molecule has 8 heteroatoms. The molecule has 1 aromatic heterocycles. The summed E-state index contributed by atoms with van der Waals surface area (Å²) in [5.74, 6) is -0.690. The number of rotatable bonds is 5. The number of nitrogens with two attached hydrogens (primary N) is 1. The molecule has 1 atom stereocenters. The molecule has 3 rings (SSSR count). The quantitative estimate of drug-likeness (QED) is 0.735. The lowest BCUT2D eigenvalue weighted by Gasteiger charge is -2.10. The van der Waals surface area contributed by atoms with Gasteiger partial charge in [-0.05, 0) is 23.4 Å². The van der Waals surface area contributed by atoms with Gasteiger partial charge in [-0.25, -0.2) is 4.39 Å². The number of carbonyl (C=O) groups excluding carboxylic acids is 1. The Kier molecular flexibility index (Phi) is 4.30. The molecule has 1 heterocycles. The first-order chi connectivity index (χ1) is 11.5. The van der Waals surface area contributed by atoms with E-state index >= 15 is 0 Å². The van der Waals surface area contributed by atoms with E-state index in [1.54, 1.807) is 36.4 Å². The Morgan fingerprint density at radius 1 is 1.21 bits per heavy atom. The number of carbonyl (C=O) groups is 1. The fourth-order valence-electron chi connectivity index (χ4n) is 2.22. The summed E-state index contributed by atoms with van der Waals surface area (Å²) in [6, 6.07) is 12.4. The van der Waals surface area contributed by atoms with E-state index < -0.39 is 17.8 Å². The summed E-state index contributed by atoms with van der Waals surface area (Å²) >= 11 is 0. The summed E-state index contributed by atoms with van der Waals surface area (Å²) in [7, 11) is 0. The predicted molar refractivity (Wildman–Crippen MR) is 83.1 cm³/mol. The van der Waals surface area contributed by atoms with E-state index in [4.69, 9.17) is 5.73 Å². The van der Waals surface area contributed by atoms with Gasteiger partial charge in [0.1, 0.15) is 11.9 Å². The van der Waals surface area contributed by atoms with E-state index in [0.29, 0.717) is 17.0 Å². The molecule has 0 aliphatic rings. The van der Waals surface area contributed by atoms with Gasteiger partial charge in [0.15, 0.2) is 0 Å². The molecule has 122 valence electrons. The maximum absolute atomic E-state index is 13.7. The molecule has 0 fully saturated rings. The van der Waals surface area contributed by atoms with Crippen molar-refractivity contribution in [3.63, 3.8) is 0 Å². The van der Waals surface area contributed by atoms with Gasteiger partial charge in [-0.3, -0.25) is 4.79 Å². The van der Waals surface area contributed by atoms with E-state index in [-0.39, 0.29) is 12.1 Å². The van der Waals surface area contributed by atoms with Crippen LogP contribution in [0, 0.1) is 5.82 Å². The van der Waals surface area contributed by atoms with Crippen LogP contribution in [0.15, 0.2) is 48.5 Å². The highest BCUT2D eigenvalue weighted by Crippen LogP contribution is 2.19. The van der Waals surface area contributed by atoms with Gasteiger partial charge in [0.05, 0.1) is 6.54 Å². The molecule has 2 aromatic carbocycles. The second-order valence-corrected chi connectivity index (χ2v) is 5.15. The molecule has 24 heavy (non-hydrogen) atoms. The summed E-state index contributed by atoms with van der Waals surface area (Å²) in [4.78, 5) is 12.2. The van der Waals surface area contributed by atoms with Crippen molar-refractivity contribution in [2.75, 3.05) is 0 Å². The molecule has 0 saturated carbocycles. The van der Waals surface area contributed by atoms with Gasteiger partial charge in [-0.2, -0.15) is 4.80 Å². The molecule has 0 saturated heterocycles. The van der Waals surface area contributed by atoms with Crippen LogP contribution in [0.25, 0.3) is 11.4 Å². The Hall–Kier alpha value is -3.13. The number of aliphatic hydroxyl groups is 1. The Labute approximate surface area is 136 Å². The number of hydrogen-bond acceptors (Lipinski definition) is 5. The third kappa shape index (κ3) is 3.28. The van der Waals surface area contributed by atoms with Gasteiger partial charge in [-0.1, -0.05) is 30.3 Å². The average molecular weight is 327 g/mol. The lowest BCUT2D eigenvalue weighted by atomic mass is 10.1. The molecule has 7 nitrogen and oxygen atoms in total. The van der Waals surface area contributed by atoms with Crippen LogP contribution in [0.2, 0.25) is 0 Å². The van der Waals surface area contributed by atoms with E-state index in [1.165, 1.54) is 16.9 Å². The van der Waals surface area contributed by atoms with Gasteiger partial charge in [0, 0.05) is 16.7 Å². The zero-order chi connectivity index (χ0) is 17.1. The summed E-state index contributed by atoms with van der Waals surface area (Å²) in [6.45, 7) is -0.0344. The Balaban J connectivity index is 1.76. The number of halogens is 1. The maximum atomic E-state index is 13.7. The van der Waals surface area contributed by atoms with E-state index in [1.807, 2.05) is 0 Å². The van der Waals surface area contributed by atoms with Crippen molar-refractivity contribution >= 4 is 5.91 Å². The Bertz CT molecular complexity index is 863. The molecule has 0 radical (unpaired) electrons. The minimum Gasteiger partial charge on any atom is -0.386 e. The van der Waals surface area contributed by atoms with Crippen LogP contribution in [-0.4, -0.2) is 31.2 Å². The third-order valence-corrected chi connectivity index (χ3v) is 3.48. The summed E-state index contributed by atoms with van der Waals surface area (Å²) in [5, 5.41) is 22.0. The van der Waals surface area contributed by atoms with Gasteiger partial charge in [-0.15, -0.1) is 10.2 Å². The van der Waals surface area contributed by atoms with Crippen molar-refractivity contribution in [2.45, 2.75) is 12.6 Å². The first-order valence-electron chi connectivity index (χ1n) is 7.15. The molecule has 3 N–H and O–H groups in total. The molecule has 1 unspecified atom stereocenters. The fraction of sp³-hybridized carbons (Fsp3) is 0.125. The highest BCUT2D eigenvalue weighted by Gasteiger charge is 2.15. The number of benzene rings is 2. The van der Waals surface area contributed by atoms with Crippen LogP contribution in [0.1, 0.15) is 22.0 Å². The van der Waals surface area contributed by atoms with E-state index in [0.717, 1.165) is 0 Å². The predicted octanol–water partition coefficient (Wildman–Crippen LogP) is 1.31. The van der Waals surface area contributed by atoms with E-state index in [9.17, 15) is 14.3 Å². The zero-order valence-corrected chi connectivity index (χ0v) is 12.5. The number of nitrogens with zero attached hydrogens (tertiary/aromatic N) is 4. The summed E-state index contributed by atoms with van der Waals surface area (Å²) in [5.41, 5.74) is 6.37. The van der Waals surface area contributed by atoms with Crippen molar-refractivity contribution < 1.29 is 14.3 Å². The Morgan fingerprint density at radius 2 is 1.92 bits per heavy atom. The SMILES string of the molecule is NC(=O)c1ccc(-c2nnn(CC(O)c3ccccc3F)n2)cc1. The maximum Gasteiger partial charge on any atom is 0.248 e. The first-order valence-corrected chi connectivity index (χ1v) is 7.15. The van der Waals surface area contributed by atoms with Crippen LogP contribution in [0.3, 0.4) is 0 Å². The summed E-state index contributed by atoms with van der Waals surface area (Å²) in [6.07, 6.45) is -1.09. The average Bonchev–Trinajstić information content (AvgIpc) is 3.03. The number of amides is 1. The lowest BCUT2D eigenvalue weighted by Crippen LogP contribution is -2.12. The van der Waals surface area contributed by atoms with Gasteiger partial charge >= 0.3 is 0 Å². The van der Waals surface area contributed by atoms with Gasteiger partial charge in [0.2, 0.25) is 11.7 Å². The van der Waals surface area contributed by atoms with Crippen LogP contribution in [-0.2, 0) is 6.54 Å². The number of aromatic nitrogens is 4. The van der Waals surface area contributed by atoms with E-state index in [2.05, 4.69) is 15.4 Å². The third-order valence-electron chi connectivity index (χ3n) is 3.48. The van der Waals surface area contributed by atoms with Crippen molar-refractivity contribution in [2.24, 2.45) is 5.73 Å². The number of primary amides is 1. The smallest absolute Gasteiger partial charge is 0.248 e. The number of aliphatic hydroxyl groups excluding tert-OH is 1. The van der Waals surface area contributed by atoms with Crippen molar-refractivity contribution in [3.8, 4) is 11.4 Å². The Morgan fingerprint density at radius 3 is 2.58 bits per heavy atom. The molecule has 3 aromatic rings. The highest BCUT2D eigenvalue weighted by molar-refractivity contribution is 5.93. The van der Waals surface area contributed by atoms with Crippen LogP contribution < -0.4 is 5.73 Å². The number of hydrogen-bond donors (Lipinski definition) is 2. The molecular weight excluding hydrogens is 313 g/mol. The largest absolute Gasteiger partial charge is 0.386 e. The van der Waals surface area contributed by atoms with Gasteiger partial charge < -0.3 is 10.8 Å². The molecule has 0 aliphatic heterocycles. The van der Waals surface area contributed by atoms with Crippen LogP contribution in [0.5, 0.6) is 0 Å². The normalized spacial score (nSPS) is 12.1. The zero-order valence-electron chi connectivity index (χ0n) is 12.5. The standard InChI is InChI=1S/C16H14FN5O2/c17-13-4-2-1-3-12(13)14(23)9-22-20-16(19-21-22)11-7-5-10(6-8-11)15(18)24/h1-8,14,23H,9H2,(H2,18,24). The molecular formula is C16H14FN5O2. The summed E-state index contributed by atoms with van der Waals surface area (Å²) < 4.78 is 13.7. The minimum absolute atomic E-state index is 0.0344. The second kappa shape index (κ2) is 6.55. The number of tetrazole rings is 1. The van der Waals surface area contributed by atoms with Gasteiger partial charge in [0.25, 0.3) is 0 Å². The van der Waals surface area contributed by atoms with Crippen LogP contribution in [0.4, 0.5) is 4.39 Å². The monoisotopic (exact) mass is 327 g/mol. The minimum atomic E-state index is -1.09.